The summed E-state index contributed by atoms with van der Waals surface area (Å²) in [5.41, 5.74) is 4.67. The number of hydrogen-bond acceptors (Lipinski definition) is 3. The average Bonchev–Trinajstić information content (AvgIpc) is 3.15. The minimum absolute atomic E-state index is 0.0164. The number of fused-ring (bicyclic) bond motifs is 1. The monoisotopic (exact) mass is 390 g/mol. The van der Waals surface area contributed by atoms with Crippen molar-refractivity contribution >= 4 is 16.8 Å². The predicted molar refractivity (Wildman–Crippen MR) is 114 cm³/mol. The van der Waals surface area contributed by atoms with Crippen molar-refractivity contribution < 1.29 is 14.6 Å². The first-order chi connectivity index (χ1) is 14.2. The van der Waals surface area contributed by atoms with Crippen LogP contribution >= 0.6 is 0 Å². The lowest BCUT2D eigenvalue weighted by atomic mass is 9.88. The lowest BCUT2D eigenvalue weighted by Crippen LogP contribution is -2.28. The molecule has 0 aromatic heterocycles. The molecule has 5 heteroatoms. The highest BCUT2D eigenvalue weighted by molar-refractivity contribution is 5.88. The van der Waals surface area contributed by atoms with Gasteiger partial charge in [-0.1, -0.05) is 36.4 Å². The highest BCUT2D eigenvalue weighted by Crippen LogP contribution is 2.30. The normalized spacial score (nSPS) is 13.7. The molecule has 2 N–H and O–H groups in total. The van der Waals surface area contributed by atoms with Crippen LogP contribution in [-0.2, 0) is 19.4 Å². The Morgan fingerprint density at radius 2 is 1.90 bits per heavy atom. The Morgan fingerprint density at radius 1 is 1.10 bits per heavy atom. The topological polar surface area (TPSA) is 61.8 Å². The summed E-state index contributed by atoms with van der Waals surface area (Å²) in [5, 5.41) is 15.0. The molecular weight excluding hydrogens is 364 g/mol. The standard InChI is InChI=1S/C24H26N2O3/c1-29-20-8-6-17(7-9-20)14-23-19(16-26-12-11-25-24(26)28)15-18-4-2-3-5-21(18)22(23)10-13-27/h2-9,15,27H,10-14,16H2,1H3,(H,25,28). The number of carbonyl (C=O) groups is 1. The van der Waals surface area contributed by atoms with Crippen LogP contribution < -0.4 is 10.1 Å². The summed E-state index contributed by atoms with van der Waals surface area (Å²) in [6.45, 7) is 2.06. The van der Waals surface area contributed by atoms with Crippen LogP contribution in [0, 0.1) is 0 Å². The molecule has 0 atom stereocenters. The number of urea groups is 1. The minimum Gasteiger partial charge on any atom is -0.497 e. The van der Waals surface area contributed by atoms with Crippen molar-refractivity contribution in [2.75, 3.05) is 26.8 Å². The fourth-order valence-electron chi connectivity index (χ4n) is 4.10. The van der Waals surface area contributed by atoms with E-state index in [1.165, 1.54) is 16.5 Å². The molecule has 150 valence electrons. The molecule has 0 bridgehead atoms. The van der Waals surface area contributed by atoms with Gasteiger partial charge in [-0.05, 0) is 64.1 Å². The maximum atomic E-state index is 12.2. The van der Waals surface area contributed by atoms with Gasteiger partial charge in [0.15, 0.2) is 0 Å². The first-order valence-electron chi connectivity index (χ1n) is 9.98. The van der Waals surface area contributed by atoms with Crippen molar-refractivity contribution in [3.63, 3.8) is 0 Å². The molecule has 0 unspecified atom stereocenters. The van der Waals surface area contributed by atoms with Crippen molar-refractivity contribution in [2.45, 2.75) is 19.4 Å². The summed E-state index contributed by atoms with van der Waals surface area (Å²) in [5.74, 6) is 0.830. The Bertz CT molecular complexity index is 1010. The van der Waals surface area contributed by atoms with Gasteiger partial charge in [-0.3, -0.25) is 0 Å². The molecule has 1 aliphatic heterocycles. The molecule has 0 saturated carbocycles. The number of amides is 2. The molecule has 1 heterocycles. The number of carbonyl (C=O) groups excluding carboxylic acids is 1. The third-order valence-electron chi connectivity index (χ3n) is 5.58. The molecular formula is C24H26N2O3. The Labute approximate surface area is 170 Å². The van der Waals surface area contributed by atoms with Crippen LogP contribution in [0.5, 0.6) is 5.75 Å². The Kier molecular flexibility index (Phi) is 5.67. The zero-order valence-electron chi connectivity index (χ0n) is 16.6. The van der Waals surface area contributed by atoms with E-state index in [1.807, 2.05) is 29.2 Å². The van der Waals surface area contributed by atoms with E-state index < -0.39 is 0 Å². The van der Waals surface area contributed by atoms with Gasteiger partial charge >= 0.3 is 6.03 Å². The van der Waals surface area contributed by atoms with Gasteiger partial charge in [0.1, 0.15) is 5.75 Å². The number of benzene rings is 3. The lowest BCUT2D eigenvalue weighted by molar-refractivity contribution is 0.215. The molecule has 5 nitrogen and oxygen atoms in total. The van der Waals surface area contributed by atoms with E-state index in [0.29, 0.717) is 26.1 Å². The second kappa shape index (κ2) is 8.53. The van der Waals surface area contributed by atoms with E-state index in [0.717, 1.165) is 28.7 Å². The largest absolute Gasteiger partial charge is 0.497 e. The van der Waals surface area contributed by atoms with Gasteiger partial charge in [0.2, 0.25) is 0 Å². The highest BCUT2D eigenvalue weighted by atomic mass is 16.5. The molecule has 0 spiro atoms. The second-order valence-electron chi connectivity index (χ2n) is 7.37. The molecule has 2 amide bonds. The number of aliphatic hydroxyl groups is 1. The van der Waals surface area contributed by atoms with Gasteiger partial charge < -0.3 is 20.1 Å². The Hall–Kier alpha value is -3.05. The molecule has 29 heavy (non-hydrogen) atoms. The molecule has 1 fully saturated rings. The van der Waals surface area contributed by atoms with Crippen LogP contribution in [0.25, 0.3) is 10.8 Å². The zero-order valence-corrected chi connectivity index (χ0v) is 16.6. The number of hydrogen-bond donors (Lipinski definition) is 2. The molecule has 3 aromatic carbocycles. The van der Waals surface area contributed by atoms with Crippen molar-refractivity contribution in [1.29, 1.82) is 0 Å². The zero-order chi connectivity index (χ0) is 20.2. The fourth-order valence-corrected chi connectivity index (χ4v) is 4.10. The van der Waals surface area contributed by atoms with E-state index in [1.54, 1.807) is 7.11 Å². The maximum Gasteiger partial charge on any atom is 0.317 e. The van der Waals surface area contributed by atoms with E-state index in [-0.39, 0.29) is 12.6 Å². The molecule has 3 aromatic rings. The average molecular weight is 390 g/mol. The fraction of sp³-hybridized carbons (Fsp3) is 0.292. The summed E-state index contributed by atoms with van der Waals surface area (Å²) in [6, 6.07) is 18.5. The van der Waals surface area contributed by atoms with Gasteiger partial charge in [0.25, 0.3) is 0 Å². The van der Waals surface area contributed by atoms with Crippen LogP contribution in [0.15, 0.2) is 54.6 Å². The van der Waals surface area contributed by atoms with E-state index in [4.69, 9.17) is 4.74 Å². The van der Waals surface area contributed by atoms with Crippen LogP contribution in [0.2, 0.25) is 0 Å². The molecule has 4 rings (SSSR count). The van der Waals surface area contributed by atoms with Crippen molar-refractivity contribution in [3.05, 3.63) is 76.9 Å². The number of aliphatic hydroxyl groups excluding tert-OH is 1. The van der Waals surface area contributed by atoms with Crippen LogP contribution in [-0.4, -0.2) is 42.8 Å². The number of rotatable bonds is 7. The first-order valence-corrected chi connectivity index (χ1v) is 9.98. The minimum atomic E-state index is -0.0164. The summed E-state index contributed by atoms with van der Waals surface area (Å²) in [4.78, 5) is 14.0. The van der Waals surface area contributed by atoms with Crippen LogP contribution in [0.1, 0.15) is 22.3 Å². The number of ether oxygens (including phenoxy) is 1. The predicted octanol–water partition coefficient (Wildman–Crippen LogP) is 3.50. The van der Waals surface area contributed by atoms with Crippen molar-refractivity contribution in [1.82, 2.24) is 10.2 Å². The Balaban J connectivity index is 1.81. The number of methoxy groups -OCH3 is 1. The SMILES string of the molecule is COc1ccc(Cc2c(CN3CCNC3=O)cc3ccccc3c2CCO)cc1. The van der Waals surface area contributed by atoms with Gasteiger partial charge in [-0.2, -0.15) is 0 Å². The second-order valence-corrected chi connectivity index (χ2v) is 7.37. The summed E-state index contributed by atoms with van der Waals surface area (Å²) < 4.78 is 5.28. The third-order valence-corrected chi connectivity index (χ3v) is 5.58. The molecule has 0 aliphatic carbocycles. The Morgan fingerprint density at radius 3 is 2.59 bits per heavy atom. The molecule has 1 aliphatic rings. The highest BCUT2D eigenvalue weighted by Gasteiger charge is 2.22. The van der Waals surface area contributed by atoms with Crippen LogP contribution in [0.4, 0.5) is 4.79 Å². The summed E-state index contributed by atoms with van der Waals surface area (Å²) in [6.07, 6.45) is 1.33. The van der Waals surface area contributed by atoms with Crippen molar-refractivity contribution in [2.24, 2.45) is 0 Å². The number of nitrogens with zero attached hydrogens (tertiary/aromatic N) is 1. The first kappa shape index (κ1) is 19.3. The third kappa shape index (κ3) is 4.05. The summed E-state index contributed by atoms with van der Waals surface area (Å²) in [7, 11) is 1.66. The lowest BCUT2D eigenvalue weighted by Gasteiger charge is -2.22. The van der Waals surface area contributed by atoms with Gasteiger partial charge in [-0.25, -0.2) is 4.79 Å². The van der Waals surface area contributed by atoms with E-state index >= 15 is 0 Å². The number of nitrogens with one attached hydrogen (secondary N) is 1. The van der Waals surface area contributed by atoms with Gasteiger partial charge in [0.05, 0.1) is 7.11 Å². The van der Waals surface area contributed by atoms with E-state index in [2.05, 4.69) is 35.6 Å². The maximum absolute atomic E-state index is 12.2. The van der Waals surface area contributed by atoms with Gasteiger partial charge in [0, 0.05) is 26.2 Å². The van der Waals surface area contributed by atoms with Gasteiger partial charge in [-0.15, -0.1) is 0 Å². The quantitative estimate of drug-likeness (QED) is 0.649. The van der Waals surface area contributed by atoms with Crippen LogP contribution in [0.3, 0.4) is 0 Å². The smallest absolute Gasteiger partial charge is 0.317 e. The molecule has 0 radical (unpaired) electrons. The molecule has 1 saturated heterocycles. The summed E-state index contributed by atoms with van der Waals surface area (Å²) >= 11 is 0. The van der Waals surface area contributed by atoms with Crippen molar-refractivity contribution in [3.8, 4) is 5.75 Å². The van der Waals surface area contributed by atoms with E-state index in [9.17, 15) is 9.90 Å².